The van der Waals surface area contributed by atoms with E-state index in [1.165, 1.54) is 5.56 Å². The highest BCUT2D eigenvalue weighted by Crippen LogP contribution is 2.26. The van der Waals surface area contributed by atoms with Crippen LogP contribution in [0.1, 0.15) is 11.1 Å². The normalized spacial score (nSPS) is 10.3. The minimum atomic E-state index is 0.579. The van der Waals surface area contributed by atoms with Crippen molar-refractivity contribution in [3.63, 3.8) is 0 Å². The van der Waals surface area contributed by atoms with Gasteiger partial charge in [-0.1, -0.05) is 6.07 Å². The number of hydrogen-bond donors (Lipinski definition) is 2. The lowest BCUT2D eigenvalue weighted by molar-refractivity contribution is 1.05. The molecule has 0 radical (unpaired) electrons. The van der Waals surface area contributed by atoms with Crippen LogP contribution >= 0.6 is 15.9 Å². The highest BCUT2D eigenvalue weighted by atomic mass is 79.9. The molecule has 0 aliphatic heterocycles. The number of pyridine rings is 1. The lowest BCUT2D eigenvalue weighted by atomic mass is 10.2. The van der Waals surface area contributed by atoms with Crippen molar-refractivity contribution < 1.29 is 0 Å². The van der Waals surface area contributed by atoms with E-state index in [1.807, 2.05) is 24.3 Å². The third kappa shape index (κ3) is 4.26. The Labute approximate surface area is 143 Å². The summed E-state index contributed by atoms with van der Waals surface area (Å²) in [6.45, 7) is 2.71. The van der Waals surface area contributed by atoms with Crippen molar-refractivity contribution in [2.75, 3.05) is 10.6 Å². The molecule has 5 nitrogen and oxygen atoms in total. The molecular weight excluding hydrogens is 354 g/mol. The Balaban J connectivity index is 1.69. The van der Waals surface area contributed by atoms with Crippen LogP contribution in [0.2, 0.25) is 0 Å². The van der Waals surface area contributed by atoms with Crippen LogP contribution in [0.15, 0.2) is 59.5 Å². The first-order valence-corrected chi connectivity index (χ1v) is 7.99. The second kappa shape index (κ2) is 7.19. The number of aryl methyl sites for hydroxylation is 1. The summed E-state index contributed by atoms with van der Waals surface area (Å²) in [7, 11) is 0. The van der Waals surface area contributed by atoms with Gasteiger partial charge in [0.25, 0.3) is 0 Å². The minimum absolute atomic E-state index is 0.579. The van der Waals surface area contributed by atoms with Gasteiger partial charge in [0, 0.05) is 29.6 Å². The Hall–Kier alpha value is -2.47. The highest BCUT2D eigenvalue weighted by Gasteiger charge is 2.03. The molecule has 3 rings (SSSR count). The second-order valence-corrected chi connectivity index (χ2v) is 5.94. The molecule has 6 heteroatoms. The number of nitrogens with zero attached hydrogens (tertiary/aromatic N) is 3. The van der Waals surface area contributed by atoms with E-state index in [4.69, 9.17) is 0 Å². The number of benzene rings is 1. The predicted octanol–water partition coefficient (Wildman–Crippen LogP) is 4.30. The Morgan fingerprint density at radius 1 is 1.04 bits per heavy atom. The first-order valence-electron chi connectivity index (χ1n) is 7.20. The standard InChI is InChI=1S/C17H16BrN5/c1-12-2-3-15(14(18)10-12)22-16-6-9-20-17(23-16)21-11-13-4-7-19-8-5-13/h2-10H,11H2,1H3,(H2,20,21,22,23). The van der Waals surface area contributed by atoms with Gasteiger partial charge in [-0.3, -0.25) is 4.98 Å². The lowest BCUT2D eigenvalue weighted by Gasteiger charge is -2.10. The third-order valence-electron chi connectivity index (χ3n) is 3.24. The fourth-order valence-electron chi connectivity index (χ4n) is 2.05. The van der Waals surface area contributed by atoms with Gasteiger partial charge in [-0.25, -0.2) is 4.98 Å². The van der Waals surface area contributed by atoms with E-state index in [-0.39, 0.29) is 0 Å². The molecule has 0 amide bonds. The zero-order chi connectivity index (χ0) is 16.1. The quantitative estimate of drug-likeness (QED) is 0.701. The molecule has 0 saturated carbocycles. The molecular formula is C17H16BrN5. The van der Waals surface area contributed by atoms with Gasteiger partial charge in [-0.2, -0.15) is 4.98 Å². The maximum atomic E-state index is 4.48. The van der Waals surface area contributed by atoms with Crippen LogP contribution in [0, 0.1) is 6.92 Å². The molecule has 3 aromatic rings. The molecule has 2 N–H and O–H groups in total. The van der Waals surface area contributed by atoms with Gasteiger partial charge in [0.2, 0.25) is 5.95 Å². The van der Waals surface area contributed by atoms with E-state index < -0.39 is 0 Å². The Morgan fingerprint density at radius 3 is 2.65 bits per heavy atom. The average molecular weight is 370 g/mol. The predicted molar refractivity (Wildman–Crippen MR) is 95.8 cm³/mol. The zero-order valence-corrected chi connectivity index (χ0v) is 14.2. The average Bonchev–Trinajstić information content (AvgIpc) is 2.57. The van der Waals surface area contributed by atoms with Crippen molar-refractivity contribution >= 4 is 33.4 Å². The SMILES string of the molecule is Cc1ccc(Nc2ccnc(NCc3ccncc3)n2)c(Br)c1. The minimum Gasteiger partial charge on any atom is -0.350 e. The van der Waals surface area contributed by atoms with Crippen LogP contribution in [0.5, 0.6) is 0 Å². The van der Waals surface area contributed by atoms with Gasteiger partial charge in [-0.15, -0.1) is 0 Å². The summed E-state index contributed by atoms with van der Waals surface area (Å²) < 4.78 is 1.00. The Kier molecular flexibility index (Phi) is 4.83. The molecule has 1 aromatic carbocycles. The van der Waals surface area contributed by atoms with Crippen molar-refractivity contribution in [1.82, 2.24) is 15.0 Å². The van der Waals surface area contributed by atoms with Crippen molar-refractivity contribution in [3.8, 4) is 0 Å². The Morgan fingerprint density at radius 2 is 1.87 bits per heavy atom. The van der Waals surface area contributed by atoms with Crippen molar-refractivity contribution in [2.24, 2.45) is 0 Å². The molecule has 0 saturated heterocycles. The molecule has 2 heterocycles. The Bertz CT molecular complexity index is 792. The maximum Gasteiger partial charge on any atom is 0.224 e. The van der Waals surface area contributed by atoms with E-state index in [0.29, 0.717) is 12.5 Å². The lowest BCUT2D eigenvalue weighted by Crippen LogP contribution is -2.05. The zero-order valence-electron chi connectivity index (χ0n) is 12.6. The number of anilines is 3. The summed E-state index contributed by atoms with van der Waals surface area (Å²) in [5.41, 5.74) is 3.29. The van der Waals surface area contributed by atoms with Crippen molar-refractivity contribution in [1.29, 1.82) is 0 Å². The van der Waals surface area contributed by atoms with Crippen LogP contribution in [-0.2, 0) is 6.54 Å². The van der Waals surface area contributed by atoms with Gasteiger partial charge in [0.05, 0.1) is 5.69 Å². The topological polar surface area (TPSA) is 62.7 Å². The number of hydrogen-bond acceptors (Lipinski definition) is 5. The van der Waals surface area contributed by atoms with Crippen molar-refractivity contribution in [2.45, 2.75) is 13.5 Å². The molecule has 116 valence electrons. The van der Waals surface area contributed by atoms with Gasteiger partial charge in [-0.05, 0) is 64.3 Å². The summed E-state index contributed by atoms with van der Waals surface area (Å²) in [5, 5.41) is 6.50. The molecule has 0 atom stereocenters. The van der Waals surface area contributed by atoms with E-state index >= 15 is 0 Å². The molecule has 0 unspecified atom stereocenters. The molecule has 0 fully saturated rings. The van der Waals surface area contributed by atoms with Gasteiger partial charge in [0.15, 0.2) is 0 Å². The van der Waals surface area contributed by atoms with E-state index in [2.05, 4.69) is 60.6 Å². The van der Waals surface area contributed by atoms with Crippen LogP contribution in [0.3, 0.4) is 0 Å². The monoisotopic (exact) mass is 369 g/mol. The van der Waals surface area contributed by atoms with E-state index in [0.717, 1.165) is 21.5 Å². The summed E-state index contributed by atoms with van der Waals surface area (Å²) in [5.74, 6) is 1.32. The number of nitrogens with one attached hydrogen (secondary N) is 2. The maximum absolute atomic E-state index is 4.48. The molecule has 0 aliphatic rings. The summed E-state index contributed by atoms with van der Waals surface area (Å²) >= 11 is 3.56. The molecule has 0 bridgehead atoms. The smallest absolute Gasteiger partial charge is 0.224 e. The molecule has 0 aliphatic carbocycles. The summed E-state index contributed by atoms with van der Waals surface area (Å²) in [6.07, 6.45) is 5.27. The number of aromatic nitrogens is 3. The largest absolute Gasteiger partial charge is 0.350 e. The molecule has 2 aromatic heterocycles. The number of halogens is 1. The molecule has 0 spiro atoms. The van der Waals surface area contributed by atoms with Crippen molar-refractivity contribution in [3.05, 3.63) is 70.6 Å². The first-order chi connectivity index (χ1) is 11.2. The fraction of sp³-hybridized carbons (Fsp3) is 0.118. The summed E-state index contributed by atoms with van der Waals surface area (Å²) in [6, 6.07) is 11.9. The van der Waals surface area contributed by atoms with Crippen LogP contribution in [0.4, 0.5) is 17.5 Å². The number of rotatable bonds is 5. The van der Waals surface area contributed by atoms with E-state index in [9.17, 15) is 0 Å². The van der Waals surface area contributed by atoms with Gasteiger partial charge in [0.1, 0.15) is 5.82 Å². The molecule has 23 heavy (non-hydrogen) atoms. The second-order valence-electron chi connectivity index (χ2n) is 5.08. The van der Waals surface area contributed by atoms with Gasteiger partial charge < -0.3 is 10.6 Å². The first kappa shape index (κ1) is 15.4. The van der Waals surface area contributed by atoms with Gasteiger partial charge >= 0.3 is 0 Å². The third-order valence-corrected chi connectivity index (χ3v) is 3.90. The van der Waals surface area contributed by atoms with E-state index in [1.54, 1.807) is 18.6 Å². The fourth-order valence-corrected chi connectivity index (χ4v) is 2.65. The van der Waals surface area contributed by atoms with Crippen LogP contribution < -0.4 is 10.6 Å². The van der Waals surface area contributed by atoms with Crippen LogP contribution in [-0.4, -0.2) is 15.0 Å². The highest BCUT2D eigenvalue weighted by molar-refractivity contribution is 9.10. The summed E-state index contributed by atoms with van der Waals surface area (Å²) in [4.78, 5) is 12.7. The van der Waals surface area contributed by atoms with Crippen LogP contribution in [0.25, 0.3) is 0 Å².